The largest absolute Gasteiger partial charge is 0.525 e. The smallest absolute Gasteiger partial charge is 0.398 e. The van der Waals surface area contributed by atoms with Crippen LogP contribution in [0.1, 0.15) is 44.7 Å². The van der Waals surface area contributed by atoms with Gasteiger partial charge < -0.3 is 9.31 Å². The minimum absolute atomic E-state index is 0.196. The SMILES string of the molecule is CC1(C)OB(C(F)=Cc2ccc(C(C(F)F)C(F)F)cc2)OC1(C)C. The summed E-state index contributed by atoms with van der Waals surface area (Å²) in [6.45, 7) is 7.13. The molecule has 0 aromatic heterocycles. The quantitative estimate of drug-likeness (QED) is 0.527. The van der Waals surface area contributed by atoms with Gasteiger partial charge in [0.05, 0.1) is 11.2 Å². The van der Waals surface area contributed by atoms with Crippen molar-refractivity contribution in [3.63, 3.8) is 0 Å². The molecule has 0 atom stereocenters. The first-order valence-electron chi connectivity index (χ1n) is 7.83. The lowest BCUT2D eigenvalue weighted by Gasteiger charge is -2.32. The molecule has 0 bridgehead atoms. The molecule has 0 radical (unpaired) electrons. The van der Waals surface area contributed by atoms with Gasteiger partial charge in [0.2, 0.25) is 0 Å². The van der Waals surface area contributed by atoms with Gasteiger partial charge in [-0.25, -0.2) is 22.0 Å². The molecule has 0 unspecified atom stereocenters. The van der Waals surface area contributed by atoms with Crippen LogP contribution >= 0.6 is 0 Å². The van der Waals surface area contributed by atoms with E-state index in [0.29, 0.717) is 5.56 Å². The predicted molar refractivity (Wildman–Crippen MR) is 86.4 cm³/mol. The van der Waals surface area contributed by atoms with Crippen molar-refractivity contribution in [1.82, 2.24) is 0 Å². The number of benzene rings is 1. The molecule has 138 valence electrons. The highest BCUT2D eigenvalue weighted by molar-refractivity contribution is 6.54. The van der Waals surface area contributed by atoms with Gasteiger partial charge in [-0.1, -0.05) is 24.3 Å². The van der Waals surface area contributed by atoms with Crippen LogP contribution in [0.3, 0.4) is 0 Å². The zero-order valence-electron chi connectivity index (χ0n) is 14.4. The monoisotopic (exact) mass is 362 g/mol. The fourth-order valence-corrected chi connectivity index (χ4v) is 2.40. The minimum Gasteiger partial charge on any atom is -0.398 e. The number of hydrogen-bond acceptors (Lipinski definition) is 2. The topological polar surface area (TPSA) is 18.5 Å². The molecule has 2 nitrogen and oxygen atoms in total. The molecular weight excluding hydrogens is 342 g/mol. The Morgan fingerprint density at radius 2 is 1.36 bits per heavy atom. The van der Waals surface area contributed by atoms with Gasteiger partial charge in [-0.2, -0.15) is 0 Å². The molecule has 1 saturated heterocycles. The third kappa shape index (κ3) is 4.23. The number of alkyl halides is 4. The molecule has 0 N–H and O–H groups in total. The van der Waals surface area contributed by atoms with Gasteiger partial charge in [-0.15, -0.1) is 0 Å². The summed E-state index contributed by atoms with van der Waals surface area (Å²) >= 11 is 0. The summed E-state index contributed by atoms with van der Waals surface area (Å²) in [5, 5.41) is 0. The zero-order valence-corrected chi connectivity index (χ0v) is 14.4. The van der Waals surface area contributed by atoms with Crippen molar-refractivity contribution in [3.05, 3.63) is 41.1 Å². The summed E-state index contributed by atoms with van der Waals surface area (Å²) in [7, 11) is -1.18. The van der Waals surface area contributed by atoms with Gasteiger partial charge in [0.25, 0.3) is 12.9 Å². The van der Waals surface area contributed by atoms with Gasteiger partial charge in [0.1, 0.15) is 11.6 Å². The average Bonchev–Trinajstić information content (AvgIpc) is 2.69. The van der Waals surface area contributed by atoms with E-state index in [2.05, 4.69) is 0 Å². The maximum atomic E-state index is 14.4. The predicted octanol–water partition coefficient (Wildman–Crippen LogP) is 5.24. The first kappa shape index (κ1) is 19.9. The van der Waals surface area contributed by atoms with E-state index in [4.69, 9.17) is 9.31 Å². The van der Waals surface area contributed by atoms with Gasteiger partial charge in [-0.05, 0) is 44.9 Å². The van der Waals surface area contributed by atoms with E-state index < -0.39 is 42.8 Å². The fourth-order valence-electron chi connectivity index (χ4n) is 2.40. The lowest BCUT2D eigenvalue weighted by Crippen LogP contribution is -2.41. The lowest BCUT2D eigenvalue weighted by molar-refractivity contribution is 0.00578. The molecule has 1 heterocycles. The average molecular weight is 362 g/mol. The zero-order chi connectivity index (χ0) is 19.0. The summed E-state index contributed by atoms with van der Waals surface area (Å²) in [5.74, 6) is -2.16. The summed E-state index contributed by atoms with van der Waals surface area (Å²) in [4.78, 5) is 0. The lowest BCUT2D eigenvalue weighted by atomic mass is 9.86. The van der Waals surface area contributed by atoms with E-state index in [0.717, 1.165) is 18.2 Å². The Balaban J connectivity index is 2.17. The molecule has 0 aliphatic carbocycles. The first-order valence-corrected chi connectivity index (χ1v) is 7.83. The second kappa shape index (κ2) is 7.07. The van der Waals surface area contributed by atoms with E-state index in [1.807, 2.05) is 0 Å². The number of rotatable bonds is 5. The Labute approximate surface area is 144 Å². The third-order valence-electron chi connectivity index (χ3n) is 4.65. The van der Waals surface area contributed by atoms with Crippen LogP contribution in [0.2, 0.25) is 0 Å². The molecule has 0 saturated carbocycles. The van der Waals surface area contributed by atoms with Crippen molar-refractivity contribution in [3.8, 4) is 0 Å². The van der Waals surface area contributed by atoms with E-state index in [1.165, 1.54) is 12.1 Å². The molecule has 25 heavy (non-hydrogen) atoms. The summed E-state index contributed by atoms with van der Waals surface area (Å²) in [5.41, 5.74) is -1.95. The van der Waals surface area contributed by atoms with Gasteiger partial charge in [0, 0.05) is 0 Å². The fraction of sp³-hybridized carbons (Fsp3) is 0.529. The Kier molecular flexibility index (Phi) is 5.63. The molecule has 1 fully saturated rings. The van der Waals surface area contributed by atoms with E-state index >= 15 is 0 Å². The Morgan fingerprint density at radius 3 is 1.76 bits per heavy atom. The Hall–Kier alpha value is -1.41. The molecule has 2 rings (SSSR count). The van der Waals surface area contributed by atoms with Crippen molar-refractivity contribution in [2.24, 2.45) is 0 Å². The minimum atomic E-state index is -3.18. The van der Waals surface area contributed by atoms with Crippen molar-refractivity contribution < 1.29 is 31.3 Å². The second-order valence-electron chi connectivity index (χ2n) is 6.98. The first-order chi connectivity index (χ1) is 11.4. The van der Waals surface area contributed by atoms with Crippen LogP contribution in [-0.4, -0.2) is 31.2 Å². The van der Waals surface area contributed by atoms with E-state index in [1.54, 1.807) is 27.7 Å². The van der Waals surface area contributed by atoms with Crippen LogP contribution in [-0.2, 0) is 9.31 Å². The van der Waals surface area contributed by atoms with Crippen LogP contribution in [0.15, 0.2) is 30.0 Å². The highest BCUT2D eigenvalue weighted by Gasteiger charge is 2.53. The highest BCUT2D eigenvalue weighted by Crippen LogP contribution is 2.39. The molecule has 0 amide bonds. The Morgan fingerprint density at radius 1 is 0.920 bits per heavy atom. The van der Waals surface area contributed by atoms with Crippen LogP contribution in [0.5, 0.6) is 0 Å². The van der Waals surface area contributed by atoms with Crippen molar-refractivity contribution in [1.29, 1.82) is 0 Å². The molecule has 0 spiro atoms. The van der Waals surface area contributed by atoms with Crippen LogP contribution in [0, 0.1) is 0 Å². The highest BCUT2D eigenvalue weighted by atomic mass is 19.3. The molecule has 1 aliphatic rings. The second-order valence-corrected chi connectivity index (χ2v) is 6.98. The van der Waals surface area contributed by atoms with E-state index in [9.17, 15) is 22.0 Å². The van der Waals surface area contributed by atoms with Crippen LogP contribution in [0.4, 0.5) is 22.0 Å². The van der Waals surface area contributed by atoms with Crippen LogP contribution < -0.4 is 0 Å². The standard InChI is InChI=1S/C17H20BF5O2/c1-16(2)17(3,4)25-18(24-16)12(19)9-10-5-7-11(8-6-10)13(14(20)21)15(22)23/h5-9,13-15H,1-4H3. The van der Waals surface area contributed by atoms with Crippen LogP contribution in [0.25, 0.3) is 6.08 Å². The third-order valence-corrected chi connectivity index (χ3v) is 4.65. The molecular formula is C17H20BF5O2. The molecule has 1 aromatic carbocycles. The van der Waals surface area contributed by atoms with E-state index in [-0.39, 0.29) is 5.56 Å². The summed E-state index contributed by atoms with van der Waals surface area (Å²) < 4.78 is 76.3. The summed E-state index contributed by atoms with van der Waals surface area (Å²) in [6.07, 6.45) is -5.23. The van der Waals surface area contributed by atoms with Gasteiger partial charge in [0.15, 0.2) is 0 Å². The molecule has 8 heteroatoms. The molecule has 1 aliphatic heterocycles. The summed E-state index contributed by atoms with van der Waals surface area (Å²) in [6, 6.07) is 4.90. The maximum Gasteiger partial charge on any atom is 0.525 e. The number of halogens is 5. The van der Waals surface area contributed by atoms with Crippen molar-refractivity contribution in [2.75, 3.05) is 0 Å². The Bertz CT molecular complexity index is 604. The van der Waals surface area contributed by atoms with Crippen molar-refractivity contribution in [2.45, 2.75) is 57.7 Å². The maximum absolute atomic E-state index is 14.4. The molecule has 1 aromatic rings. The number of hydrogen-bond donors (Lipinski definition) is 0. The van der Waals surface area contributed by atoms with Gasteiger partial charge in [-0.3, -0.25) is 0 Å². The normalized spacial score (nSPS) is 20.2. The van der Waals surface area contributed by atoms with Crippen molar-refractivity contribution >= 4 is 13.2 Å². The van der Waals surface area contributed by atoms with Gasteiger partial charge >= 0.3 is 7.12 Å².